The number of hydrogen-bond acceptors (Lipinski definition) is 4. The SMILES string of the molecule is CC(C)c1nc(NC(=O)C(F)(F)F)n(Cc2ccc(Cl)nc2)n1. The fourth-order valence-electron chi connectivity index (χ4n) is 1.65. The van der Waals surface area contributed by atoms with Crippen LogP contribution in [0.2, 0.25) is 5.15 Å². The number of amides is 1. The van der Waals surface area contributed by atoms with Crippen LogP contribution < -0.4 is 5.32 Å². The molecule has 23 heavy (non-hydrogen) atoms. The lowest BCUT2D eigenvalue weighted by molar-refractivity contribution is -0.167. The summed E-state index contributed by atoms with van der Waals surface area (Å²) in [6, 6.07) is 3.20. The zero-order valence-electron chi connectivity index (χ0n) is 12.2. The highest BCUT2D eigenvalue weighted by molar-refractivity contribution is 6.29. The first-order chi connectivity index (χ1) is 10.7. The first-order valence-electron chi connectivity index (χ1n) is 6.60. The summed E-state index contributed by atoms with van der Waals surface area (Å²) < 4.78 is 38.4. The Morgan fingerprint density at radius 3 is 2.61 bits per heavy atom. The Bertz CT molecular complexity index is 697. The molecular formula is C13H13ClF3N5O. The highest BCUT2D eigenvalue weighted by Crippen LogP contribution is 2.20. The second-order valence-electron chi connectivity index (χ2n) is 5.05. The van der Waals surface area contributed by atoms with E-state index in [-0.39, 0.29) is 18.4 Å². The molecule has 0 atom stereocenters. The molecule has 0 bridgehead atoms. The second kappa shape index (κ2) is 6.53. The van der Waals surface area contributed by atoms with Gasteiger partial charge in [0.1, 0.15) is 5.15 Å². The molecular weight excluding hydrogens is 335 g/mol. The predicted octanol–water partition coefficient (Wildman–Crippen LogP) is 3.00. The lowest BCUT2D eigenvalue weighted by Gasteiger charge is -2.09. The molecule has 0 spiro atoms. The zero-order chi connectivity index (χ0) is 17.2. The molecule has 0 unspecified atom stereocenters. The first-order valence-corrected chi connectivity index (χ1v) is 6.98. The number of nitrogens with zero attached hydrogens (tertiary/aromatic N) is 4. The van der Waals surface area contributed by atoms with Crippen molar-refractivity contribution in [1.29, 1.82) is 0 Å². The van der Waals surface area contributed by atoms with Crippen LogP contribution in [0.15, 0.2) is 18.3 Å². The fraction of sp³-hybridized carbons (Fsp3) is 0.385. The normalized spacial score (nSPS) is 11.8. The van der Waals surface area contributed by atoms with Gasteiger partial charge in [-0.15, -0.1) is 0 Å². The molecule has 0 saturated heterocycles. The van der Waals surface area contributed by atoms with Crippen molar-refractivity contribution < 1.29 is 18.0 Å². The second-order valence-corrected chi connectivity index (χ2v) is 5.43. The topological polar surface area (TPSA) is 72.7 Å². The van der Waals surface area contributed by atoms with Gasteiger partial charge in [0.2, 0.25) is 5.95 Å². The van der Waals surface area contributed by atoms with E-state index in [4.69, 9.17) is 11.6 Å². The Labute approximate surface area is 134 Å². The van der Waals surface area contributed by atoms with Crippen LogP contribution >= 0.6 is 11.6 Å². The molecule has 1 amide bonds. The predicted molar refractivity (Wildman–Crippen MR) is 77.1 cm³/mol. The Kier molecular flexibility index (Phi) is 4.88. The number of nitrogens with one attached hydrogen (secondary N) is 1. The van der Waals surface area contributed by atoms with Gasteiger partial charge in [-0.2, -0.15) is 23.3 Å². The summed E-state index contributed by atoms with van der Waals surface area (Å²) in [4.78, 5) is 18.9. The molecule has 0 fully saturated rings. The van der Waals surface area contributed by atoms with Crippen LogP contribution in [0, 0.1) is 0 Å². The van der Waals surface area contributed by atoms with E-state index >= 15 is 0 Å². The van der Waals surface area contributed by atoms with E-state index in [2.05, 4.69) is 15.1 Å². The number of hydrogen-bond donors (Lipinski definition) is 1. The average molecular weight is 348 g/mol. The third-order valence-corrected chi connectivity index (χ3v) is 3.03. The molecule has 2 rings (SSSR count). The summed E-state index contributed by atoms with van der Waals surface area (Å²) >= 11 is 5.68. The highest BCUT2D eigenvalue weighted by atomic mass is 35.5. The standard InChI is InChI=1S/C13H13ClF3N5O/c1-7(2)10-19-12(20-11(23)13(15,16)17)22(21-10)6-8-3-4-9(14)18-5-8/h3-5,7H,6H2,1-2H3,(H,19,20,21,23). The van der Waals surface area contributed by atoms with Crippen molar-refractivity contribution in [2.24, 2.45) is 0 Å². The van der Waals surface area contributed by atoms with E-state index in [9.17, 15) is 18.0 Å². The number of alkyl halides is 3. The third kappa shape index (κ3) is 4.41. The molecule has 6 nitrogen and oxygen atoms in total. The first kappa shape index (κ1) is 17.2. The van der Waals surface area contributed by atoms with Crippen molar-refractivity contribution in [2.45, 2.75) is 32.5 Å². The largest absolute Gasteiger partial charge is 0.471 e. The lowest BCUT2D eigenvalue weighted by Crippen LogP contribution is -2.31. The highest BCUT2D eigenvalue weighted by Gasteiger charge is 2.39. The van der Waals surface area contributed by atoms with Gasteiger partial charge in [-0.1, -0.05) is 31.5 Å². The van der Waals surface area contributed by atoms with Gasteiger partial charge in [0.25, 0.3) is 0 Å². The summed E-state index contributed by atoms with van der Waals surface area (Å²) in [6.45, 7) is 3.68. The summed E-state index contributed by atoms with van der Waals surface area (Å²) in [7, 11) is 0. The number of carbonyl (C=O) groups excluding carboxylic acids is 1. The molecule has 2 aromatic heterocycles. The number of carbonyl (C=O) groups is 1. The molecule has 0 saturated carbocycles. The maximum absolute atomic E-state index is 12.4. The Morgan fingerprint density at radius 1 is 1.39 bits per heavy atom. The molecule has 0 aliphatic rings. The van der Waals surface area contributed by atoms with Crippen LogP contribution in [0.1, 0.15) is 31.2 Å². The maximum Gasteiger partial charge on any atom is 0.471 e. The van der Waals surface area contributed by atoms with E-state index in [1.54, 1.807) is 31.3 Å². The molecule has 0 radical (unpaired) electrons. The minimum absolute atomic E-state index is 0.0946. The van der Waals surface area contributed by atoms with Gasteiger partial charge in [-0.05, 0) is 11.6 Å². The molecule has 2 heterocycles. The molecule has 10 heteroatoms. The zero-order valence-corrected chi connectivity index (χ0v) is 13.0. The minimum Gasteiger partial charge on any atom is -0.287 e. The molecule has 0 aliphatic carbocycles. The van der Waals surface area contributed by atoms with Crippen LogP contribution in [-0.2, 0) is 11.3 Å². The molecule has 2 aromatic rings. The quantitative estimate of drug-likeness (QED) is 0.863. The number of pyridine rings is 1. The minimum atomic E-state index is -5.00. The fourth-order valence-corrected chi connectivity index (χ4v) is 1.76. The maximum atomic E-state index is 12.4. The third-order valence-electron chi connectivity index (χ3n) is 2.81. The Hall–Kier alpha value is -2.16. The van der Waals surface area contributed by atoms with Gasteiger partial charge >= 0.3 is 12.1 Å². The number of rotatable bonds is 4. The van der Waals surface area contributed by atoms with Crippen molar-refractivity contribution in [2.75, 3.05) is 5.32 Å². The van der Waals surface area contributed by atoms with Crippen LogP contribution in [0.3, 0.4) is 0 Å². The van der Waals surface area contributed by atoms with Crippen LogP contribution in [0.5, 0.6) is 0 Å². The molecule has 1 N–H and O–H groups in total. The van der Waals surface area contributed by atoms with Crippen molar-refractivity contribution >= 4 is 23.5 Å². The molecule has 124 valence electrons. The van der Waals surface area contributed by atoms with Gasteiger partial charge in [-0.25, -0.2) is 9.67 Å². The summed E-state index contributed by atoms with van der Waals surface area (Å²) in [5.41, 5.74) is 0.650. The van der Waals surface area contributed by atoms with E-state index in [1.165, 1.54) is 10.9 Å². The van der Waals surface area contributed by atoms with Gasteiger partial charge in [0.05, 0.1) is 6.54 Å². The van der Waals surface area contributed by atoms with Crippen LogP contribution in [0.4, 0.5) is 19.1 Å². The van der Waals surface area contributed by atoms with E-state index in [0.717, 1.165) is 0 Å². The van der Waals surface area contributed by atoms with Crippen LogP contribution in [0.25, 0.3) is 0 Å². The van der Waals surface area contributed by atoms with Crippen molar-refractivity contribution in [3.05, 3.63) is 34.9 Å². The summed E-state index contributed by atoms with van der Waals surface area (Å²) in [5, 5.41) is 6.15. The lowest BCUT2D eigenvalue weighted by atomic mass is 10.2. The van der Waals surface area contributed by atoms with Gasteiger partial charge < -0.3 is 0 Å². The van der Waals surface area contributed by atoms with E-state index < -0.39 is 12.1 Å². The van der Waals surface area contributed by atoms with Crippen LogP contribution in [-0.4, -0.2) is 31.8 Å². The monoisotopic (exact) mass is 347 g/mol. The smallest absolute Gasteiger partial charge is 0.287 e. The van der Waals surface area contributed by atoms with Gasteiger partial charge in [0.15, 0.2) is 5.82 Å². The molecule has 0 aliphatic heterocycles. The summed E-state index contributed by atoms with van der Waals surface area (Å²) in [5.74, 6) is -2.16. The Balaban J connectivity index is 2.29. The van der Waals surface area contributed by atoms with E-state index in [0.29, 0.717) is 16.5 Å². The average Bonchev–Trinajstić information content (AvgIpc) is 2.83. The number of halogens is 4. The van der Waals surface area contributed by atoms with Gasteiger partial charge in [-0.3, -0.25) is 10.1 Å². The van der Waals surface area contributed by atoms with Crippen molar-refractivity contribution in [1.82, 2.24) is 19.7 Å². The number of anilines is 1. The Morgan fingerprint density at radius 2 is 2.09 bits per heavy atom. The van der Waals surface area contributed by atoms with Crippen molar-refractivity contribution in [3.8, 4) is 0 Å². The van der Waals surface area contributed by atoms with Crippen molar-refractivity contribution in [3.63, 3.8) is 0 Å². The van der Waals surface area contributed by atoms with Gasteiger partial charge in [0, 0.05) is 12.1 Å². The van der Waals surface area contributed by atoms with E-state index in [1.807, 2.05) is 0 Å². The number of aromatic nitrogens is 4. The summed E-state index contributed by atoms with van der Waals surface area (Å²) in [6.07, 6.45) is -3.54. The molecule has 0 aromatic carbocycles.